The van der Waals surface area contributed by atoms with Crippen LogP contribution in [0.3, 0.4) is 0 Å². The molecule has 34 heavy (non-hydrogen) atoms. The molecule has 1 aromatic rings. The van der Waals surface area contributed by atoms with Gasteiger partial charge in [0.2, 0.25) is 5.91 Å². The van der Waals surface area contributed by atoms with Crippen LogP contribution < -0.4 is 5.32 Å². The minimum atomic E-state index is -0.255. The van der Waals surface area contributed by atoms with Crippen molar-refractivity contribution in [1.29, 1.82) is 0 Å². The number of hydrogen-bond donors (Lipinski definition) is 1. The number of amides is 3. The molecule has 1 aliphatic heterocycles. The summed E-state index contributed by atoms with van der Waals surface area (Å²) in [6.07, 6.45) is 2.59. The van der Waals surface area contributed by atoms with Crippen LogP contribution >= 0.6 is 0 Å². The molecule has 2 rings (SSSR count). The number of anilines is 1. The number of para-hydroxylation sites is 1. The molecule has 0 radical (unpaired) electrons. The second kappa shape index (κ2) is 13.4. The van der Waals surface area contributed by atoms with E-state index in [0.29, 0.717) is 32.8 Å². The number of benzene rings is 1. The second-order valence-electron chi connectivity index (χ2n) is 9.72. The minimum absolute atomic E-state index is 0.0200. The van der Waals surface area contributed by atoms with Gasteiger partial charge in [-0.2, -0.15) is 0 Å². The lowest BCUT2D eigenvalue weighted by Gasteiger charge is -2.32. The zero-order valence-corrected chi connectivity index (χ0v) is 21.9. The Morgan fingerprint density at radius 1 is 1.09 bits per heavy atom. The Kier molecular flexibility index (Phi) is 10.9. The average Bonchev–Trinajstić information content (AvgIpc) is 2.81. The van der Waals surface area contributed by atoms with Gasteiger partial charge in [-0.05, 0) is 49.1 Å². The van der Waals surface area contributed by atoms with Crippen LogP contribution in [0, 0.1) is 5.92 Å². The van der Waals surface area contributed by atoms with Crippen molar-refractivity contribution in [3.8, 4) is 0 Å². The maximum Gasteiger partial charge on any atom is 0.321 e. The van der Waals surface area contributed by atoms with Crippen LogP contribution in [-0.4, -0.2) is 60.5 Å². The van der Waals surface area contributed by atoms with E-state index in [1.54, 1.807) is 16.7 Å². The zero-order chi connectivity index (χ0) is 25.3. The molecule has 1 fully saturated rings. The molecule has 0 spiro atoms. The van der Waals surface area contributed by atoms with E-state index in [-0.39, 0.29) is 42.1 Å². The third kappa shape index (κ3) is 7.47. The van der Waals surface area contributed by atoms with Crippen LogP contribution in [-0.2, 0) is 14.3 Å². The van der Waals surface area contributed by atoms with Gasteiger partial charge >= 0.3 is 12.0 Å². The molecular weight excluding hydrogens is 430 g/mol. The van der Waals surface area contributed by atoms with Crippen LogP contribution in [0.5, 0.6) is 0 Å². The van der Waals surface area contributed by atoms with Crippen molar-refractivity contribution in [2.75, 3.05) is 38.1 Å². The molecule has 1 N–H and O–H groups in total. The molecule has 1 unspecified atom stereocenters. The Hall–Kier alpha value is -2.57. The molecule has 3 amide bonds. The summed E-state index contributed by atoms with van der Waals surface area (Å²) in [6, 6.07) is 6.00. The van der Waals surface area contributed by atoms with Crippen LogP contribution in [0.15, 0.2) is 18.2 Å². The SMILES string of the molecule is CCCN(CCC(=O)N1CCCC(C(=O)OCC)C1)C(=O)Nc1c(C(C)C)cccc1C(C)C. The van der Waals surface area contributed by atoms with Gasteiger partial charge in [0.25, 0.3) is 0 Å². The summed E-state index contributed by atoms with van der Waals surface area (Å²) in [7, 11) is 0. The number of rotatable bonds is 10. The van der Waals surface area contributed by atoms with Gasteiger partial charge in [-0.1, -0.05) is 52.8 Å². The summed E-state index contributed by atoms with van der Waals surface area (Å²) < 4.78 is 5.14. The maximum atomic E-state index is 13.3. The lowest BCUT2D eigenvalue weighted by molar-refractivity contribution is -0.151. The van der Waals surface area contributed by atoms with Crippen LogP contribution in [0.2, 0.25) is 0 Å². The number of esters is 1. The van der Waals surface area contributed by atoms with Crippen molar-refractivity contribution in [2.24, 2.45) is 5.92 Å². The van der Waals surface area contributed by atoms with Crippen LogP contribution in [0.25, 0.3) is 0 Å². The highest BCUT2D eigenvalue weighted by atomic mass is 16.5. The van der Waals surface area contributed by atoms with Gasteiger partial charge in [-0.25, -0.2) is 4.79 Å². The molecule has 1 atom stereocenters. The number of nitrogens with one attached hydrogen (secondary N) is 1. The van der Waals surface area contributed by atoms with Crippen LogP contribution in [0.1, 0.15) is 90.2 Å². The van der Waals surface area contributed by atoms with Gasteiger partial charge < -0.3 is 19.9 Å². The molecule has 1 aromatic carbocycles. The predicted molar refractivity (Wildman–Crippen MR) is 136 cm³/mol. The number of nitrogens with zero attached hydrogens (tertiary/aromatic N) is 2. The Morgan fingerprint density at radius 2 is 1.74 bits per heavy atom. The fourth-order valence-corrected chi connectivity index (χ4v) is 4.51. The van der Waals surface area contributed by atoms with Crippen molar-refractivity contribution in [1.82, 2.24) is 9.80 Å². The van der Waals surface area contributed by atoms with Crippen molar-refractivity contribution >= 4 is 23.6 Å². The van der Waals surface area contributed by atoms with E-state index < -0.39 is 0 Å². The Labute approximate surface area is 205 Å². The number of urea groups is 1. The second-order valence-corrected chi connectivity index (χ2v) is 9.72. The largest absolute Gasteiger partial charge is 0.466 e. The van der Waals surface area contributed by atoms with E-state index in [2.05, 4.69) is 45.1 Å². The standard InChI is InChI=1S/C27H43N3O4/c1-7-15-29(17-14-24(31)30-16-10-11-21(18-30)26(32)34-8-2)27(33)28-25-22(19(3)4)12-9-13-23(25)20(5)6/h9,12-13,19-21H,7-8,10-11,14-18H2,1-6H3,(H,28,33). The predicted octanol–water partition coefficient (Wildman–Crippen LogP) is 5.37. The van der Waals surface area contributed by atoms with Crippen molar-refractivity contribution in [3.63, 3.8) is 0 Å². The number of piperidine rings is 1. The first-order valence-corrected chi connectivity index (χ1v) is 12.8. The summed E-state index contributed by atoms with van der Waals surface area (Å²) in [5.74, 6) is 0.0584. The first-order chi connectivity index (χ1) is 16.2. The van der Waals surface area contributed by atoms with E-state index in [4.69, 9.17) is 4.74 Å². The smallest absolute Gasteiger partial charge is 0.321 e. The molecule has 7 heteroatoms. The third-order valence-electron chi connectivity index (χ3n) is 6.38. The molecule has 1 saturated heterocycles. The molecule has 0 aliphatic carbocycles. The van der Waals surface area contributed by atoms with E-state index in [0.717, 1.165) is 36.1 Å². The highest BCUT2D eigenvalue weighted by Crippen LogP contribution is 2.32. The lowest BCUT2D eigenvalue weighted by Crippen LogP contribution is -2.44. The van der Waals surface area contributed by atoms with Gasteiger partial charge in [0, 0.05) is 38.3 Å². The molecule has 7 nitrogen and oxygen atoms in total. The zero-order valence-electron chi connectivity index (χ0n) is 21.9. The van der Waals surface area contributed by atoms with Gasteiger partial charge in [-0.3, -0.25) is 9.59 Å². The van der Waals surface area contributed by atoms with Gasteiger partial charge in [-0.15, -0.1) is 0 Å². The normalized spacial score (nSPS) is 16.0. The first-order valence-electron chi connectivity index (χ1n) is 12.8. The van der Waals surface area contributed by atoms with E-state index in [1.165, 1.54) is 0 Å². The quantitative estimate of drug-likeness (QED) is 0.464. The monoisotopic (exact) mass is 473 g/mol. The van der Waals surface area contributed by atoms with Gasteiger partial charge in [0.05, 0.1) is 12.5 Å². The average molecular weight is 474 g/mol. The van der Waals surface area contributed by atoms with Crippen molar-refractivity contribution in [3.05, 3.63) is 29.3 Å². The molecule has 1 aliphatic rings. The summed E-state index contributed by atoms with van der Waals surface area (Å²) in [4.78, 5) is 41.8. The summed E-state index contributed by atoms with van der Waals surface area (Å²) in [5, 5.41) is 3.17. The van der Waals surface area contributed by atoms with Gasteiger partial charge in [0.15, 0.2) is 0 Å². The number of likely N-dealkylation sites (tertiary alicyclic amines) is 1. The van der Waals surface area contributed by atoms with E-state index in [9.17, 15) is 14.4 Å². The fourth-order valence-electron chi connectivity index (χ4n) is 4.51. The Bertz CT molecular complexity index is 811. The number of hydrogen-bond acceptors (Lipinski definition) is 4. The molecule has 190 valence electrons. The molecule has 0 aromatic heterocycles. The summed E-state index contributed by atoms with van der Waals surface area (Å²) >= 11 is 0. The van der Waals surface area contributed by atoms with Crippen molar-refractivity contribution in [2.45, 2.75) is 79.1 Å². The number of ether oxygens (including phenoxy) is 1. The molecule has 0 bridgehead atoms. The third-order valence-corrected chi connectivity index (χ3v) is 6.38. The van der Waals surface area contributed by atoms with E-state index >= 15 is 0 Å². The fraction of sp³-hybridized carbons (Fsp3) is 0.667. The van der Waals surface area contributed by atoms with Crippen LogP contribution in [0.4, 0.5) is 10.5 Å². The highest BCUT2D eigenvalue weighted by Gasteiger charge is 2.29. The summed E-state index contributed by atoms with van der Waals surface area (Å²) in [6.45, 7) is 14.6. The van der Waals surface area contributed by atoms with Crippen molar-refractivity contribution < 1.29 is 19.1 Å². The Balaban J connectivity index is 2.06. The molecule has 1 heterocycles. The minimum Gasteiger partial charge on any atom is -0.466 e. The number of carbonyl (C=O) groups is 3. The lowest BCUT2D eigenvalue weighted by atomic mass is 9.93. The topological polar surface area (TPSA) is 79.0 Å². The highest BCUT2D eigenvalue weighted by molar-refractivity contribution is 5.92. The van der Waals surface area contributed by atoms with Gasteiger partial charge in [0.1, 0.15) is 0 Å². The van der Waals surface area contributed by atoms with E-state index in [1.807, 2.05) is 13.0 Å². The first kappa shape index (κ1) is 27.7. The number of carbonyl (C=O) groups excluding carboxylic acids is 3. The summed E-state index contributed by atoms with van der Waals surface area (Å²) in [5.41, 5.74) is 3.12. The Morgan fingerprint density at radius 3 is 2.29 bits per heavy atom. The molecule has 0 saturated carbocycles. The molecular formula is C27H43N3O4. The maximum absolute atomic E-state index is 13.3.